The number of fused-ring (bicyclic) bond motifs is 1. The van der Waals surface area contributed by atoms with Gasteiger partial charge in [0.15, 0.2) is 0 Å². The highest BCUT2D eigenvalue weighted by Gasteiger charge is 2.26. The summed E-state index contributed by atoms with van der Waals surface area (Å²) >= 11 is 0. The fourth-order valence-corrected chi connectivity index (χ4v) is 3.69. The van der Waals surface area contributed by atoms with Gasteiger partial charge in [-0.2, -0.15) is 0 Å². The highest BCUT2D eigenvalue weighted by atomic mass is 16.5. The van der Waals surface area contributed by atoms with E-state index in [1.54, 1.807) is 6.20 Å². The van der Waals surface area contributed by atoms with Crippen molar-refractivity contribution in [2.75, 3.05) is 5.73 Å². The summed E-state index contributed by atoms with van der Waals surface area (Å²) in [6, 6.07) is 18.2. The number of rotatable bonds is 5. The smallest absolute Gasteiger partial charge is 0.150 e. The summed E-state index contributed by atoms with van der Waals surface area (Å²) < 4.78 is 8.01. The number of ether oxygens (including phenoxy) is 1. The Morgan fingerprint density at radius 2 is 1.82 bits per heavy atom. The van der Waals surface area contributed by atoms with E-state index in [-0.39, 0.29) is 0 Å². The topological polar surface area (TPSA) is 65.4 Å². The van der Waals surface area contributed by atoms with Gasteiger partial charge >= 0.3 is 0 Å². The first-order valence-electron chi connectivity index (χ1n) is 9.69. The van der Waals surface area contributed by atoms with E-state index in [1.807, 2.05) is 48.7 Å². The van der Waals surface area contributed by atoms with Gasteiger partial charge < -0.3 is 10.5 Å². The minimum absolute atomic E-state index is 0.511. The van der Waals surface area contributed by atoms with Gasteiger partial charge in [-0.3, -0.25) is 4.40 Å². The molecule has 0 saturated heterocycles. The maximum atomic E-state index is 6.21. The Morgan fingerprint density at radius 1 is 1.04 bits per heavy atom. The van der Waals surface area contributed by atoms with E-state index in [0.29, 0.717) is 18.3 Å². The zero-order valence-corrected chi connectivity index (χ0v) is 15.6. The number of hydrogen-bond donors (Lipinski definition) is 1. The average Bonchev–Trinajstić information content (AvgIpc) is 3.07. The van der Waals surface area contributed by atoms with Crippen molar-refractivity contribution in [3.05, 3.63) is 78.4 Å². The van der Waals surface area contributed by atoms with Gasteiger partial charge in [0.05, 0.1) is 0 Å². The average molecular weight is 370 g/mol. The molecule has 2 aromatic heterocycles. The molecular weight excluding hydrogens is 348 g/mol. The molecule has 2 heterocycles. The molecule has 0 radical (unpaired) electrons. The second-order valence-electron chi connectivity index (χ2n) is 7.28. The summed E-state index contributed by atoms with van der Waals surface area (Å²) in [6.45, 7) is 0.552. The fourth-order valence-electron chi connectivity index (χ4n) is 3.69. The lowest BCUT2D eigenvalue weighted by atomic mass is 9.85. The van der Waals surface area contributed by atoms with Crippen LogP contribution in [0, 0.1) is 0 Å². The monoisotopic (exact) mass is 370 g/mol. The van der Waals surface area contributed by atoms with E-state index in [2.05, 4.69) is 21.5 Å². The lowest BCUT2D eigenvalue weighted by Gasteiger charge is -2.23. The van der Waals surface area contributed by atoms with Crippen LogP contribution in [-0.2, 0) is 6.61 Å². The van der Waals surface area contributed by atoms with Gasteiger partial charge in [-0.05, 0) is 42.7 Å². The Hall–Kier alpha value is -3.34. The molecule has 2 aromatic carbocycles. The minimum Gasteiger partial charge on any atom is -0.489 e. The van der Waals surface area contributed by atoms with Gasteiger partial charge in [0.2, 0.25) is 0 Å². The Bertz CT molecular complexity index is 1100. The second-order valence-corrected chi connectivity index (χ2v) is 7.28. The van der Waals surface area contributed by atoms with E-state index in [1.165, 1.54) is 19.3 Å². The Labute approximate surface area is 163 Å². The van der Waals surface area contributed by atoms with Crippen LogP contribution in [0.1, 0.15) is 36.6 Å². The van der Waals surface area contributed by atoms with Gasteiger partial charge in [-0.1, -0.05) is 36.8 Å². The van der Waals surface area contributed by atoms with Crippen LogP contribution in [0.3, 0.4) is 0 Å². The standard InChI is InChI=1S/C23H22N4O/c24-22-21-20(26-23(18-7-4-8-18)27(21)14-13-25-22)17-9-11-19(12-10-17)28-15-16-5-2-1-3-6-16/h1-3,5-6,9-14,18H,4,7-8,15H2,(H2,24,25). The zero-order chi connectivity index (χ0) is 18.9. The van der Waals surface area contributed by atoms with E-state index in [4.69, 9.17) is 15.5 Å². The van der Waals surface area contributed by atoms with Crippen molar-refractivity contribution >= 4 is 11.3 Å². The molecule has 1 saturated carbocycles. The maximum absolute atomic E-state index is 6.21. The minimum atomic E-state index is 0.511. The molecule has 28 heavy (non-hydrogen) atoms. The molecule has 140 valence electrons. The summed E-state index contributed by atoms with van der Waals surface area (Å²) in [5, 5.41) is 0. The van der Waals surface area contributed by atoms with Crippen molar-refractivity contribution in [3.63, 3.8) is 0 Å². The van der Waals surface area contributed by atoms with Crippen LogP contribution in [0.2, 0.25) is 0 Å². The van der Waals surface area contributed by atoms with Crippen molar-refractivity contribution in [2.24, 2.45) is 0 Å². The van der Waals surface area contributed by atoms with E-state index in [0.717, 1.165) is 33.9 Å². The summed E-state index contributed by atoms with van der Waals surface area (Å²) in [5.41, 5.74) is 10.2. The molecule has 5 heteroatoms. The maximum Gasteiger partial charge on any atom is 0.150 e. The molecule has 0 spiro atoms. The van der Waals surface area contributed by atoms with Crippen LogP contribution in [0.4, 0.5) is 5.82 Å². The van der Waals surface area contributed by atoms with Crippen molar-refractivity contribution in [3.8, 4) is 17.0 Å². The highest BCUT2D eigenvalue weighted by molar-refractivity contribution is 5.85. The van der Waals surface area contributed by atoms with Gasteiger partial charge in [0, 0.05) is 23.9 Å². The molecular formula is C23H22N4O. The second kappa shape index (κ2) is 7.00. The summed E-state index contributed by atoms with van der Waals surface area (Å²) in [4.78, 5) is 9.25. The third-order valence-corrected chi connectivity index (χ3v) is 5.46. The summed E-state index contributed by atoms with van der Waals surface area (Å²) in [6.07, 6.45) is 7.35. The number of anilines is 1. The number of nitrogens with two attached hydrogens (primary N) is 1. The van der Waals surface area contributed by atoms with Crippen LogP contribution >= 0.6 is 0 Å². The van der Waals surface area contributed by atoms with Crippen molar-refractivity contribution in [1.29, 1.82) is 0 Å². The SMILES string of the molecule is Nc1nccn2c(C3CCC3)nc(-c3ccc(OCc4ccccc4)cc3)c12. The number of hydrogen-bond acceptors (Lipinski definition) is 4. The first-order valence-corrected chi connectivity index (χ1v) is 9.69. The fraction of sp³-hybridized carbons (Fsp3) is 0.217. The van der Waals surface area contributed by atoms with Crippen LogP contribution in [-0.4, -0.2) is 14.4 Å². The summed E-state index contributed by atoms with van der Waals surface area (Å²) in [5.74, 6) is 2.95. The molecule has 0 amide bonds. The molecule has 2 N–H and O–H groups in total. The van der Waals surface area contributed by atoms with Crippen molar-refractivity contribution < 1.29 is 4.74 Å². The van der Waals surface area contributed by atoms with Crippen LogP contribution in [0.5, 0.6) is 5.75 Å². The number of aromatic nitrogens is 3. The number of nitrogens with zero attached hydrogens (tertiary/aromatic N) is 3. The number of imidazole rings is 1. The predicted octanol–water partition coefficient (Wildman–Crippen LogP) is 4.83. The Kier molecular flexibility index (Phi) is 4.20. The molecule has 5 nitrogen and oxygen atoms in total. The molecule has 0 atom stereocenters. The molecule has 0 bridgehead atoms. The van der Waals surface area contributed by atoms with E-state index < -0.39 is 0 Å². The third kappa shape index (κ3) is 2.99. The van der Waals surface area contributed by atoms with Crippen LogP contribution in [0.15, 0.2) is 67.0 Å². The van der Waals surface area contributed by atoms with E-state index in [9.17, 15) is 0 Å². The lowest BCUT2D eigenvalue weighted by molar-refractivity contribution is 0.306. The molecule has 1 aliphatic carbocycles. The third-order valence-electron chi connectivity index (χ3n) is 5.46. The molecule has 4 aromatic rings. The first kappa shape index (κ1) is 16.8. The highest BCUT2D eigenvalue weighted by Crippen LogP contribution is 2.39. The zero-order valence-electron chi connectivity index (χ0n) is 15.6. The van der Waals surface area contributed by atoms with Gasteiger partial charge in [0.1, 0.15) is 35.2 Å². The van der Waals surface area contributed by atoms with Crippen molar-refractivity contribution in [1.82, 2.24) is 14.4 Å². The molecule has 1 aliphatic rings. The lowest BCUT2D eigenvalue weighted by Crippen LogP contribution is -2.12. The Balaban J connectivity index is 1.45. The number of benzene rings is 2. The molecule has 5 rings (SSSR count). The van der Waals surface area contributed by atoms with Crippen molar-refractivity contribution in [2.45, 2.75) is 31.8 Å². The molecule has 1 fully saturated rings. The van der Waals surface area contributed by atoms with Crippen LogP contribution < -0.4 is 10.5 Å². The normalized spacial score (nSPS) is 14.1. The van der Waals surface area contributed by atoms with Gasteiger partial charge in [-0.25, -0.2) is 9.97 Å². The molecule has 0 unspecified atom stereocenters. The van der Waals surface area contributed by atoms with E-state index >= 15 is 0 Å². The molecule has 0 aliphatic heterocycles. The Morgan fingerprint density at radius 3 is 2.54 bits per heavy atom. The predicted molar refractivity (Wildman–Crippen MR) is 110 cm³/mol. The van der Waals surface area contributed by atoms with Crippen LogP contribution in [0.25, 0.3) is 16.8 Å². The summed E-state index contributed by atoms with van der Waals surface area (Å²) in [7, 11) is 0. The van der Waals surface area contributed by atoms with Gasteiger partial charge in [0.25, 0.3) is 0 Å². The first-order chi connectivity index (χ1) is 13.8. The number of nitrogen functional groups attached to an aromatic ring is 1. The quantitative estimate of drug-likeness (QED) is 0.547. The largest absolute Gasteiger partial charge is 0.489 e. The van der Waals surface area contributed by atoms with Gasteiger partial charge in [-0.15, -0.1) is 0 Å².